The Kier molecular flexibility index (Phi) is 4.30. The number of hydrogen-bond acceptors (Lipinski definition) is 1. The molecule has 3 heteroatoms. The van der Waals surface area contributed by atoms with Crippen molar-refractivity contribution in [2.24, 2.45) is 0 Å². The summed E-state index contributed by atoms with van der Waals surface area (Å²) in [5, 5.41) is 6.14. The molecule has 0 saturated heterocycles. The Morgan fingerprint density at radius 3 is 2.04 bits per heavy atom. The second-order valence-corrected chi connectivity index (χ2v) is 7.62. The van der Waals surface area contributed by atoms with Crippen LogP contribution in [-0.2, 0) is 0 Å². The van der Waals surface area contributed by atoms with Crippen LogP contribution in [0.15, 0.2) is 108 Å². The van der Waals surface area contributed by atoms with Crippen LogP contribution in [0.1, 0.15) is 0 Å². The molecule has 5 aromatic rings. The maximum Gasteiger partial charge on any atom is 0.101 e. The average Bonchev–Trinajstić information content (AvgIpc) is 3.14. The van der Waals surface area contributed by atoms with Gasteiger partial charge in [-0.3, -0.25) is 0 Å². The molecule has 28 heavy (non-hydrogen) atoms. The van der Waals surface area contributed by atoms with Gasteiger partial charge >= 0.3 is 0 Å². The van der Waals surface area contributed by atoms with E-state index in [0.717, 1.165) is 32.3 Å². The van der Waals surface area contributed by atoms with Crippen LogP contribution in [0, 0.1) is 0 Å². The predicted octanol–water partition coefficient (Wildman–Crippen LogP) is 7.12. The van der Waals surface area contributed by atoms with Crippen molar-refractivity contribution < 1.29 is 0 Å². The van der Waals surface area contributed by atoms with Gasteiger partial charge in [0.05, 0.1) is 11.2 Å². The molecule has 0 aliphatic rings. The fraction of sp³-hybridized carbons (Fsp3) is 0. The SMILES string of the molecule is Brc1cccc(-c2ccc3c(c2)c(-c2ccccc2)nn3-c2ccccc2)c1. The van der Waals surface area contributed by atoms with Crippen molar-refractivity contribution in [1.82, 2.24) is 9.78 Å². The topological polar surface area (TPSA) is 17.8 Å². The summed E-state index contributed by atoms with van der Waals surface area (Å²) in [4.78, 5) is 0. The summed E-state index contributed by atoms with van der Waals surface area (Å²) in [5.41, 5.74) is 6.64. The average molecular weight is 425 g/mol. The van der Waals surface area contributed by atoms with Gasteiger partial charge in [0.2, 0.25) is 0 Å². The first-order chi connectivity index (χ1) is 13.8. The number of nitrogens with zero attached hydrogens (tertiary/aromatic N) is 2. The molecule has 1 aromatic heterocycles. The maximum atomic E-state index is 4.99. The molecule has 0 atom stereocenters. The molecule has 0 radical (unpaired) electrons. The lowest BCUT2D eigenvalue weighted by molar-refractivity contribution is 0.915. The first-order valence-corrected chi connectivity index (χ1v) is 9.98. The van der Waals surface area contributed by atoms with E-state index in [2.05, 4.69) is 88.7 Å². The van der Waals surface area contributed by atoms with E-state index in [1.54, 1.807) is 0 Å². The number of hydrogen-bond donors (Lipinski definition) is 0. The van der Waals surface area contributed by atoms with Crippen molar-refractivity contribution in [2.45, 2.75) is 0 Å². The van der Waals surface area contributed by atoms with Crippen LogP contribution in [0.25, 0.3) is 39.0 Å². The molecule has 0 aliphatic heterocycles. The monoisotopic (exact) mass is 424 g/mol. The number of benzene rings is 4. The lowest BCUT2D eigenvalue weighted by atomic mass is 10.0. The van der Waals surface area contributed by atoms with Crippen LogP contribution in [0.2, 0.25) is 0 Å². The summed E-state index contributed by atoms with van der Waals surface area (Å²) >= 11 is 3.58. The molecule has 2 nitrogen and oxygen atoms in total. The summed E-state index contributed by atoms with van der Waals surface area (Å²) in [5.74, 6) is 0. The van der Waals surface area contributed by atoms with Gasteiger partial charge in [0.25, 0.3) is 0 Å². The van der Waals surface area contributed by atoms with Crippen LogP contribution in [0.5, 0.6) is 0 Å². The standard InChI is InChI=1S/C25H17BrN2/c26-21-11-7-10-19(16-21)20-14-15-24-23(17-20)25(18-8-3-1-4-9-18)27-28(24)22-12-5-2-6-13-22/h1-17H. The zero-order valence-electron chi connectivity index (χ0n) is 15.1. The second-order valence-electron chi connectivity index (χ2n) is 6.70. The summed E-state index contributed by atoms with van der Waals surface area (Å²) in [6.07, 6.45) is 0. The van der Waals surface area contributed by atoms with Gasteiger partial charge in [0.1, 0.15) is 5.69 Å². The highest BCUT2D eigenvalue weighted by molar-refractivity contribution is 9.10. The molecule has 0 spiro atoms. The van der Waals surface area contributed by atoms with E-state index in [0.29, 0.717) is 0 Å². The van der Waals surface area contributed by atoms with Crippen molar-refractivity contribution in [3.8, 4) is 28.1 Å². The highest BCUT2D eigenvalue weighted by atomic mass is 79.9. The van der Waals surface area contributed by atoms with Gasteiger partial charge in [-0.2, -0.15) is 5.10 Å². The van der Waals surface area contributed by atoms with Crippen molar-refractivity contribution in [1.29, 1.82) is 0 Å². The minimum atomic E-state index is 0.997. The molecule has 4 aromatic carbocycles. The van der Waals surface area contributed by atoms with E-state index in [1.165, 1.54) is 11.1 Å². The van der Waals surface area contributed by atoms with Gasteiger partial charge in [-0.05, 0) is 47.5 Å². The number of rotatable bonds is 3. The Labute approximate surface area is 172 Å². The van der Waals surface area contributed by atoms with Gasteiger partial charge < -0.3 is 0 Å². The third kappa shape index (κ3) is 3.04. The molecule has 0 saturated carbocycles. The van der Waals surface area contributed by atoms with Gasteiger partial charge in [-0.15, -0.1) is 0 Å². The number of halogens is 1. The van der Waals surface area contributed by atoms with Gasteiger partial charge in [-0.1, -0.05) is 82.7 Å². The van der Waals surface area contributed by atoms with Crippen LogP contribution < -0.4 is 0 Å². The van der Waals surface area contributed by atoms with Crippen LogP contribution >= 0.6 is 15.9 Å². The fourth-order valence-corrected chi connectivity index (χ4v) is 3.94. The van der Waals surface area contributed by atoms with E-state index < -0.39 is 0 Å². The maximum absolute atomic E-state index is 4.99. The van der Waals surface area contributed by atoms with Crippen molar-refractivity contribution in [3.05, 3.63) is 108 Å². The Hall–Kier alpha value is -3.17. The quantitative estimate of drug-likeness (QED) is 0.301. The number of fused-ring (bicyclic) bond motifs is 1. The highest BCUT2D eigenvalue weighted by Gasteiger charge is 2.14. The molecule has 0 N–H and O–H groups in total. The summed E-state index contributed by atoms with van der Waals surface area (Å²) < 4.78 is 3.11. The minimum absolute atomic E-state index is 0.997. The van der Waals surface area contributed by atoms with E-state index in [4.69, 9.17) is 5.10 Å². The first-order valence-electron chi connectivity index (χ1n) is 9.19. The van der Waals surface area contributed by atoms with E-state index in [-0.39, 0.29) is 0 Å². The summed E-state index contributed by atoms with van der Waals surface area (Å²) in [7, 11) is 0. The molecular formula is C25H17BrN2. The number of para-hydroxylation sites is 1. The second kappa shape index (κ2) is 7.10. The molecule has 0 amide bonds. The minimum Gasteiger partial charge on any atom is -0.232 e. The molecule has 1 heterocycles. The smallest absolute Gasteiger partial charge is 0.101 e. The molecule has 134 valence electrons. The van der Waals surface area contributed by atoms with Gasteiger partial charge in [0.15, 0.2) is 0 Å². The van der Waals surface area contributed by atoms with Crippen LogP contribution in [0.4, 0.5) is 0 Å². The Balaban J connectivity index is 1.78. The van der Waals surface area contributed by atoms with Gasteiger partial charge in [-0.25, -0.2) is 4.68 Å². The largest absolute Gasteiger partial charge is 0.232 e. The molecular weight excluding hydrogens is 408 g/mol. The Bertz CT molecular complexity index is 1260. The first kappa shape index (κ1) is 17.0. The fourth-order valence-electron chi connectivity index (χ4n) is 3.54. The zero-order valence-corrected chi connectivity index (χ0v) is 16.7. The Morgan fingerprint density at radius 1 is 0.607 bits per heavy atom. The van der Waals surface area contributed by atoms with E-state index in [9.17, 15) is 0 Å². The zero-order chi connectivity index (χ0) is 18.9. The van der Waals surface area contributed by atoms with Crippen molar-refractivity contribution >= 4 is 26.8 Å². The molecule has 0 bridgehead atoms. The van der Waals surface area contributed by atoms with E-state index >= 15 is 0 Å². The third-order valence-corrected chi connectivity index (χ3v) is 5.38. The molecule has 0 aliphatic carbocycles. The van der Waals surface area contributed by atoms with Crippen LogP contribution in [-0.4, -0.2) is 9.78 Å². The van der Waals surface area contributed by atoms with Gasteiger partial charge in [0, 0.05) is 15.4 Å². The summed E-state index contributed by atoms with van der Waals surface area (Å²) in [6.45, 7) is 0. The molecule has 5 rings (SSSR count). The van der Waals surface area contributed by atoms with Crippen molar-refractivity contribution in [2.75, 3.05) is 0 Å². The highest BCUT2D eigenvalue weighted by Crippen LogP contribution is 2.33. The van der Waals surface area contributed by atoms with E-state index in [1.807, 2.05) is 35.0 Å². The third-order valence-electron chi connectivity index (χ3n) is 4.89. The lowest BCUT2D eigenvalue weighted by Gasteiger charge is -2.05. The molecule has 0 fully saturated rings. The summed E-state index contributed by atoms with van der Waals surface area (Å²) in [6, 6.07) is 35.6. The number of aromatic nitrogens is 2. The predicted molar refractivity (Wildman–Crippen MR) is 120 cm³/mol. The lowest BCUT2D eigenvalue weighted by Crippen LogP contribution is -1.95. The van der Waals surface area contributed by atoms with Crippen molar-refractivity contribution in [3.63, 3.8) is 0 Å². The Morgan fingerprint density at radius 2 is 1.29 bits per heavy atom. The molecule has 0 unspecified atom stereocenters. The van der Waals surface area contributed by atoms with Crippen LogP contribution in [0.3, 0.4) is 0 Å². The normalized spacial score (nSPS) is 11.0.